The first kappa shape index (κ1) is 18.0. The lowest BCUT2D eigenvalue weighted by molar-refractivity contribution is -0.129. The minimum absolute atomic E-state index is 0.155. The standard InChI is InChI=1S/C18H24N2O4/c1-5-24-14-8-6-13(7-9-14)16-15(12(2)21)17(22)18(23)20(16)11-10-19(3)4/h6-9,16,22H,5,10-11H2,1-4H3/t16-/m1/s1. The van der Waals surface area contributed by atoms with Crippen molar-refractivity contribution in [3.8, 4) is 5.75 Å². The summed E-state index contributed by atoms with van der Waals surface area (Å²) in [4.78, 5) is 27.9. The van der Waals surface area contributed by atoms with Gasteiger partial charge in [-0.3, -0.25) is 9.59 Å². The monoisotopic (exact) mass is 332 g/mol. The van der Waals surface area contributed by atoms with Gasteiger partial charge in [-0.2, -0.15) is 0 Å². The number of hydrogen-bond acceptors (Lipinski definition) is 5. The lowest BCUT2D eigenvalue weighted by Gasteiger charge is -2.27. The smallest absolute Gasteiger partial charge is 0.290 e. The van der Waals surface area contributed by atoms with Gasteiger partial charge in [0.1, 0.15) is 5.75 Å². The Morgan fingerprint density at radius 3 is 2.42 bits per heavy atom. The van der Waals surface area contributed by atoms with Gasteiger partial charge >= 0.3 is 0 Å². The van der Waals surface area contributed by atoms with Crippen LogP contribution in [0.5, 0.6) is 5.75 Å². The fraction of sp³-hybridized carbons (Fsp3) is 0.444. The first-order valence-electron chi connectivity index (χ1n) is 7.99. The third-order valence-electron chi connectivity index (χ3n) is 3.98. The molecule has 0 aliphatic carbocycles. The van der Waals surface area contributed by atoms with Gasteiger partial charge in [0.25, 0.3) is 5.91 Å². The van der Waals surface area contributed by atoms with Gasteiger partial charge in [-0.25, -0.2) is 0 Å². The minimum atomic E-state index is -0.564. The van der Waals surface area contributed by atoms with E-state index in [9.17, 15) is 14.7 Å². The topological polar surface area (TPSA) is 70.1 Å². The Kier molecular flexibility index (Phi) is 5.62. The third kappa shape index (κ3) is 3.59. The number of aliphatic hydroxyl groups is 1. The van der Waals surface area contributed by atoms with E-state index < -0.39 is 17.7 Å². The number of amides is 1. The zero-order chi connectivity index (χ0) is 17.9. The van der Waals surface area contributed by atoms with Gasteiger partial charge in [0.2, 0.25) is 0 Å². The highest BCUT2D eigenvalue weighted by atomic mass is 16.5. The highest BCUT2D eigenvalue weighted by Crippen LogP contribution is 2.37. The van der Waals surface area contributed by atoms with Crippen molar-refractivity contribution in [1.29, 1.82) is 0 Å². The van der Waals surface area contributed by atoms with Crippen LogP contribution in [0.4, 0.5) is 0 Å². The summed E-state index contributed by atoms with van der Waals surface area (Å²) < 4.78 is 5.43. The molecule has 1 atom stereocenters. The Morgan fingerprint density at radius 1 is 1.29 bits per heavy atom. The van der Waals surface area contributed by atoms with Crippen LogP contribution in [0.2, 0.25) is 0 Å². The van der Waals surface area contributed by atoms with Crippen molar-refractivity contribution in [3.63, 3.8) is 0 Å². The van der Waals surface area contributed by atoms with Crippen LogP contribution >= 0.6 is 0 Å². The van der Waals surface area contributed by atoms with Gasteiger partial charge in [0.05, 0.1) is 18.2 Å². The summed E-state index contributed by atoms with van der Waals surface area (Å²) in [5.41, 5.74) is 0.933. The molecule has 0 aromatic heterocycles. The number of ether oxygens (including phenoxy) is 1. The molecule has 6 heteroatoms. The number of hydrogen-bond donors (Lipinski definition) is 1. The summed E-state index contributed by atoms with van der Waals surface area (Å²) in [6.45, 7) is 4.90. The highest BCUT2D eigenvalue weighted by molar-refractivity contribution is 6.08. The zero-order valence-corrected chi connectivity index (χ0v) is 14.6. The zero-order valence-electron chi connectivity index (χ0n) is 14.6. The lowest BCUT2D eigenvalue weighted by atomic mass is 9.96. The van der Waals surface area contributed by atoms with Crippen molar-refractivity contribution in [2.75, 3.05) is 33.8 Å². The highest BCUT2D eigenvalue weighted by Gasteiger charge is 2.42. The molecule has 0 fully saturated rings. The van der Waals surface area contributed by atoms with Gasteiger partial charge in [-0.1, -0.05) is 12.1 Å². The van der Waals surface area contributed by atoms with Gasteiger partial charge in [0.15, 0.2) is 11.5 Å². The number of likely N-dealkylation sites (N-methyl/N-ethyl adjacent to an activating group) is 1. The summed E-state index contributed by atoms with van der Waals surface area (Å²) in [5, 5.41) is 10.2. The van der Waals surface area contributed by atoms with Crippen LogP contribution in [0, 0.1) is 0 Å². The maximum absolute atomic E-state index is 12.4. The molecule has 1 N–H and O–H groups in total. The second-order valence-electron chi connectivity index (χ2n) is 6.02. The van der Waals surface area contributed by atoms with E-state index >= 15 is 0 Å². The molecule has 0 spiro atoms. The molecule has 1 aliphatic rings. The molecule has 0 radical (unpaired) electrons. The number of rotatable bonds is 7. The molecule has 0 saturated carbocycles. The largest absolute Gasteiger partial charge is 0.503 e. The molecule has 0 saturated heterocycles. The Hall–Kier alpha value is -2.34. The maximum Gasteiger partial charge on any atom is 0.290 e. The Balaban J connectivity index is 2.38. The van der Waals surface area contributed by atoms with Gasteiger partial charge < -0.3 is 19.6 Å². The third-order valence-corrected chi connectivity index (χ3v) is 3.98. The maximum atomic E-state index is 12.4. The molecular formula is C18H24N2O4. The fourth-order valence-corrected chi connectivity index (χ4v) is 2.81. The predicted molar refractivity (Wildman–Crippen MR) is 91.0 cm³/mol. The van der Waals surface area contributed by atoms with E-state index in [1.54, 1.807) is 17.0 Å². The van der Waals surface area contributed by atoms with E-state index in [-0.39, 0.29) is 11.4 Å². The second kappa shape index (κ2) is 7.49. The summed E-state index contributed by atoms with van der Waals surface area (Å²) in [6, 6.07) is 6.70. The van der Waals surface area contributed by atoms with Crippen LogP contribution in [0.15, 0.2) is 35.6 Å². The van der Waals surface area contributed by atoms with E-state index in [2.05, 4.69) is 0 Å². The van der Waals surface area contributed by atoms with E-state index in [0.717, 1.165) is 11.3 Å². The molecule has 130 valence electrons. The molecule has 0 bridgehead atoms. The summed E-state index contributed by atoms with van der Waals surface area (Å²) in [6.07, 6.45) is 0. The molecule has 24 heavy (non-hydrogen) atoms. The van der Waals surface area contributed by atoms with Gasteiger partial charge in [0, 0.05) is 13.1 Å². The van der Waals surface area contributed by atoms with E-state index in [1.165, 1.54) is 6.92 Å². The molecular weight excluding hydrogens is 308 g/mol. The van der Waals surface area contributed by atoms with Crippen LogP contribution in [0.3, 0.4) is 0 Å². The number of benzene rings is 1. The normalized spacial score (nSPS) is 17.8. The lowest BCUT2D eigenvalue weighted by Crippen LogP contribution is -2.36. The van der Waals surface area contributed by atoms with Crippen LogP contribution < -0.4 is 4.74 Å². The number of carbonyl (C=O) groups excluding carboxylic acids is 2. The van der Waals surface area contributed by atoms with Crippen LogP contribution in [0.25, 0.3) is 0 Å². The van der Waals surface area contributed by atoms with Crippen LogP contribution in [-0.4, -0.2) is 60.4 Å². The first-order chi connectivity index (χ1) is 11.4. The van der Waals surface area contributed by atoms with Crippen molar-refractivity contribution in [2.45, 2.75) is 19.9 Å². The molecule has 1 aromatic rings. The van der Waals surface area contributed by atoms with Crippen molar-refractivity contribution in [3.05, 3.63) is 41.2 Å². The fourth-order valence-electron chi connectivity index (χ4n) is 2.81. The van der Waals surface area contributed by atoms with E-state index in [4.69, 9.17) is 4.74 Å². The SMILES string of the molecule is CCOc1ccc([C@@H]2C(C(C)=O)=C(O)C(=O)N2CCN(C)C)cc1. The number of carbonyl (C=O) groups is 2. The van der Waals surface area contributed by atoms with Crippen molar-refractivity contribution < 1.29 is 19.4 Å². The van der Waals surface area contributed by atoms with Crippen molar-refractivity contribution in [2.24, 2.45) is 0 Å². The molecule has 2 rings (SSSR count). The van der Waals surface area contributed by atoms with Gasteiger partial charge in [-0.05, 0) is 45.6 Å². The Bertz CT molecular complexity index is 649. The number of nitrogens with zero attached hydrogens (tertiary/aromatic N) is 2. The molecule has 1 amide bonds. The second-order valence-corrected chi connectivity index (χ2v) is 6.02. The average Bonchev–Trinajstić information content (AvgIpc) is 2.78. The van der Waals surface area contributed by atoms with E-state index in [1.807, 2.05) is 38.1 Å². The predicted octanol–water partition coefficient (Wildman–Crippen LogP) is 1.93. The first-order valence-corrected chi connectivity index (χ1v) is 7.99. The van der Waals surface area contributed by atoms with Crippen LogP contribution in [-0.2, 0) is 9.59 Å². The summed E-state index contributed by atoms with van der Waals surface area (Å²) in [5.74, 6) is -0.517. The summed E-state index contributed by atoms with van der Waals surface area (Å²) >= 11 is 0. The van der Waals surface area contributed by atoms with Crippen molar-refractivity contribution >= 4 is 11.7 Å². The Labute approximate surface area is 142 Å². The number of aliphatic hydroxyl groups excluding tert-OH is 1. The molecule has 1 aromatic carbocycles. The Morgan fingerprint density at radius 2 is 1.92 bits per heavy atom. The van der Waals surface area contributed by atoms with E-state index in [0.29, 0.717) is 19.7 Å². The molecule has 0 unspecified atom stereocenters. The van der Waals surface area contributed by atoms with Crippen molar-refractivity contribution in [1.82, 2.24) is 9.80 Å². The summed E-state index contributed by atoms with van der Waals surface area (Å²) in [7, 11) is 3.82. The average molecular weight is 332 g/mol. The molecule has 6 nitrogen and oxygen atoms in total. The minimum Gasteiger partial charge on any atom is -0.503 e. The molecule has 1 aliphatic heterocycles. The molecule has 1 heterocycles. The number of Topliss-reactive ketones (excluding diaryl/α,β-unsaturated/α-hetero) is 1. The van der Waals surface area contributed by atoms with Crippen LogP contribution in [0.1, 0.15) is 25.5 Å². The number of ketones is 1. The van der Waals surface area contributed by atoms with Gasteiger partial charge in [-0.15, -0.1) is 0 Å². The quantitative estimate of drug-likeness (QED) is 0.826.